The van der Waals surface area contributed by atoms with Gasteiger partial charge in [0.05, 0.1) is 0 Å². The van der Waals surface area contributed by atoms with Crippen LogP contribution in [0.1, 0.15) is 39.7 Å². The van der Waals surface area contributed by atoms with Crippen molar-refractivity contribution in [2.45, 2.75) is 40.7 Å². The van der Waals surface area contributed by atoms with Gasteiger partial charge in [-0.25, -0.2) is 5.84 Å². The van der Waals surface area contributed by atoms with Gasteiger partial charge in [-0.1, -0.05) is 50.6 Å². The van der Waals surface area contributed by atoms with E-state index in [0.717, 1.165) is 18.7 Å². The first-order valence-corrected chi connectivity index (χ1v) is 8.43. The van der Waals surface area contributed by atoms with Crippen LogP contribution < -0.4 is 21.5 Å². The molecular weight excluding hydrogens is 302 g/mol. The summed E-state index contributed by atoms with van der Waals surface area (Å²) in [5.41, 5.74) is 3.64. The Kier molecular flexibility index (Phi) is 9.14. The number of nitrogen functional groups attached to an aromatic ring is 1. The van der Waals surface area contributed by atoms with Gasteiger partial charge in [0.2, 0.25) is 17.8 Å². The molecular formula is C17H29N7. The third kappa shape index (κ3) is 6.37. The Labute approximate surface area is 144 Å². The number of benzene rings is 1. The van der Waals surface area contributed by atoms with Gasteiger partial charge in [0.25, 0.3) is 0 Å². The number of aromatic nitrogens is 3. The summed E-state index contributed by atoms with van der Waals surface area (Å²) in [6, 6.07) is 10.1. The maximum absolute atomic E-state index is 5.43. The Balaban J connectivity index is 0.000000891. The molecule has 1 heterocycles. The molecule has 2 aromatic rings. The number of nitrogens with one attached hydrogen (secondary N) is 2. The van der Waals surface area contributed by atoms with E-state index in [2.05, 4.69) is 53.4 Å². The molecule has 7 nitrogen and oxygen atoms in total. The van der Waals surface area contributed by atoms with Gasteiger partial charge in [-0.05, 0) is 19.4 Å². The lowest BCUT2D eigenvalue weighted by molar-refractivity contribution is 0.811. The molecule has 0 bridgehead atoms. The Hall–Kier alpha value is -2.41. The minimum absolute atomic E-state index is 0.350. The standard InChI is InChI=1S/C14H21N7.C3H8/c1-3-21(4-2)14-18-12(17-13(19-14)20-15)16-10-11-8-6-5-7-9-11;1-3-2/h5-9H,3-4,10,15H2,1-2H3,(H2,16,17,18,19,20);3H2,1-2H3. The topological polar surface area (TPSA) is 92.0 Å². The van der Waals surface area contributed by atoms with Crippen molar-refractivity contribution in [3.63, 3.8) is 0 Å². The number of nitrogens with zero attached hydrogens (tertiary/aromatic N) is 4. The summed E-state index contributed by atoms with van der Waals surface area (Å²) < 4.78 is 0. The first-order chi connectivity index (χ1) is 11.7. The van der Waals surface area contributed by atoms with Crippen molar-refractivity contribution in [2.24, 2.45) is 5.84 Å². The van der Waals surface area contributed by atoms with E-state index in [9.17, 15) is 0 Å². The number of hydrogen-bond donors (Lipinski definition) is 3. The third-order valence-electron chi connectivity index (χ3n) is 3.09. The van der Waals surface area contributed by atoms with Crippen molar-refractivity contribution >= 4 is 17.8 Å². The molecule has 7 heteroatoms. The molecule has 0 fully saturated rings. The highest BCUT2D eigenvalue weighted by atomic mass is 15.4. The molecule has 0 aliphatic heterocycles. The molecule has 0 saturated carbocycles. The highest BCUT2D eigenvalue weighted by Crippen LogP contribution is 2.13. The molecule has 1 aromatic carbocycles. The van der Waals surface area contributed by atoms with Crippen molar-refractivity contribution in [3.05, 3.63) is 35.9 Å². The molecule has 0 aliphatic rings. The van der Waals surface area contributed by atoms with Crippen LogP contribution >= 0.6 is 0 Å². The fourth-order valence-corrected chi connectivity index (χ4v) is 1.93. The smallest absolute Gasteiger partial charge is 0.243 e. The highest BCUT2D eigenvalue weighted by Gasteiger charge is 2.10. The Morgan fingerprint density at radius 2 is 1.50 bits per heavy atom. The van der Waals surface area contributed by atoms with E-state index in [1.54, 1.807) is 0 Å². The lowest BCUT2D eigenvalue weighted by atomic mass is 10.2. The number of hydrogen-bond acceptors (Lipinski definition) is 7. The molecule has 132 valence electrons. The third-order valence-corrected chi connectivity index (χ3v) is 3.09. The van der Waals surface area contributed by atoms with E-state index in [4.69, 9.17) is 5.84 Å². The molecule has 0 saturated heterocycles. The van der Waals surface area contributed by atoms with Crippen LogP contribution in [0, 0.1) is 0 Å². The summed E-state index contributed by atoms with van der Waals surface area (Å²) in [5.74, 6) is 6.89. The predicted octanol–water partition coefficient (Wildman–Crippen LogP) is 3.03. The molecule has 24 heavy (non-hydrogen) atoms. The number of rotatable bonds is 7. The first kappa shape index (κ1) is 19.6. The predicted molar refractivity (Wildman–Crippen MR) is 101 cm³/mol. The van der Waals surface area contributed by atoms with Gasteiger partial charge in [-0.2, -0.15) is 15.0 Å². The maximum Gasteiger partial charge on any atom is 0.243 e. The lowest BCUT2D eigenvalue weighted by Gasteiger charge is -2.19. The minimum Gasteiger partial charge on any atom is -0.350 e. The number of nitrogens with two attached hydrogens (primary N) is 1. The van der Waals surface area contributed by atoms with Gasteiger partial charge in [-0.15, -0.1) is 0 Å². The summed E-state index contributed by atoms with van der Waals surface area (Å²) in [6.07, 6.45) is 1.25. The van der Waals surface area contributed by atoms with Crippen molar-refractivity contribution in [2.75, 3.05) is 28.7 Å². The highest BCUT2D eigenvalue weighted by molar-refractivity contribution is 5.43. The summed E-state index contributed by atoms with van der Waals surface area (Å²) >= 11 is 0. The van der Waals surface area contributed by atoms with Gasteiger partial charge in [0.1, 0.15) is 0 Å². The molecule has 0 atom stereocenters. The quantitative estimate of drug-likeness (QED) is 0.530. The van der Waals surface area contributed by atoms with Crippen LogP contribution in [-0.4, -0.2) is 28.0 Å². The summed E-state index contributed by atoms with van der Waals surface area (Å²) in [7, 11) is 0. The van der Waals surface area contributed by atoms with E-state index in [1.165, 1.54) is 6.42 Å². The molecule has 0 amide bonds. The lowest BCUT2D eigenvalue weighted by Crippen LogP contribution is -2.26. The second kappa shape index (κ2) is 11.2. The monoisotopic (exact) mass is 331 g/mol. The van der Waals surface area contributed by atoms with Crippen LogP contribution in [0.15, 0.2) is 30.3 Å². The summed E-state index contributed by atoms with van der Waals surface area (Å²) in [5, 5.41) is 3.19. The van der Waals surface area contributed by atoms with Crippen molar-refractivity contribution in [1.82, 2.24) is 15.0 Å². The van der Waals surface area contributed by atoms with Crippen molar-refractivity contribution in [3.8, 4) is 0 Å². The zero-order valence-electron chi connectivity index (χ0n) is 15.1. The van der Waals surface area contributed by atoms with Crippen molar-refractivity contribution < 1.29 is 0 Å². The van der Waals surface area contributed by atoms with E-state index in [-0.39, 0.29) is 0 Å². The fourth-order valence-electron chi connectivity index (χ4n) is 1.93. The van der Waals surface area contributed by atoms with Crippen LogP contribution in [-0.2, 0) is 6.54 Å². The SMILES string of the molecule is CCC.CCN(CC)c1nc(NN)nc(NCc2ccccc2)n1. The minimum atomic E-state index is 0.350. The van der Waals surface area contributed by atoms with Gasteiger partial charge in [-0.3, -0.25) is 5.43 Å². The van der Waals surface area contributed by atoms with Crippen LogP contribution in [0.25, 0.3) is 0 Å². The zero-order chi connectivity index (χ0) is 17.8. The molecule has 0 radical (unpaired) electrons. The van der Waals surface area contributed by atoms with E-state index in [0.29, 0.717) is 24.4 Å². The Morgan fingerprint density at radius 1 is 0.917 bits per heavy atom. The first-order valence-electron chi connectivity index (χ1n) is 8.43. The van der Waals surface area contributed by atoms with Gasteiger partial charge < -0.3 is 10.2 Å². The van der Waals surface area contributed by atoms with E-state index in [1.807, 2.05) is 35.2 Å². The molecule has 0 spiro atoms. The van der Waals surface area contributed by atoms with Crippen LogP contribution in [0.2, 0.25) is 0 Å². The van der Waals surface area contributed by atoms with Crippen LogP contribution in [0.4, 0.5) is 17.8 Å². The Morgan fingerprint density at radius 3 is 2.04 bits per heavy atom. The average molecular weight is 331 g/mol. The molecule has 1 aromatic heterocycles. The Bertz CT molecular complexity index is 570. The number of anilines is 3. The van der Waals surface area contributed by atoms with Crippen LogP contribution in [0.3, 0.4) is 0 Å². The normalized spacial score (nSPS) is 9.71. The van der Waals surface area contributed by atoms with Crippen LogP contribution in [0.5, 0.6) is 0 Å². The largest absolute Gasteiger partial charge is 0.350 e. The van der Waals surface area contributed by atoms with Crippen molar-refractivity contribution in [1.29, 1.82) is 0 Å². The molecule has 2 rings (SSSR count). The molecule has 0 aliphatic carbocycles. The second-order valence-electron chi connectivity index (χ2n) is 5.15. The zero-order valence-corrected chi connectivity index (χ0v) is 15.1. The second-order valence-corrected chi connectivity index (χ2v) is 5.15. The summed E-state index contributed by atoms with van der Waals surface area (Å²) in [4.78, 5) is 15.0. The molecule has 0 unspecified atom stereocenters. The number of hydrazine groups is 1. The average Bonchev–Trinajstić information content (AvgIpc) is 2.62. The van der Waals surface area contributed by atoms with Gasteiger partial charge in [0, 0.05) is 19.6 Å². The molecule has 4 N–H and O–H groups in total. The fraction of sp³-hybridized carbons (Fsp3) is 0.471. The van der Waals surface area contributed by atoms with Gasteiger partial charge >= 0.3 is 0 Å². The van der Waals surface area contributed by atoms with E-state index < -0.39 is 0 Å². The maximum atomic E-state index is 5.43. The summed E-state index contributed by atoms with van der Waals surface area (Å²) in [6.45, 7) is 10.7. The van der Waals surface area contributed by atoms with Gasteiger partial charge in [0.15, 0.2) is 0 Å². The van der Waals surface area contributed by atoms with E-state index >= 15 is 0 Å².